The van der Waals surface area contributed by atoms with Crippen LogP contribution < -0.4 is 15.2 Å². The Balaban J connectivity index is 1.43. The van der Waals surface area contributed by atoms with Gasteiger partial charge in [0.2, 0.25) is 0 Å². The molecule has 0 spiro atoms. The third-order valence-corrected chi connectivity index (χ3v) is 5.40. The summed E-state index contributed by atoms with van der Waals surface area (Å²) in [6, 6.07) is 18.3. The number of anilines is 2. The molecule has 0 bridgehead atoms. The summed E-state index contributed by atoms with van der Waals surface area (Å²) in [5.74, 6) is -0.182. The number of aromatic amines is 1. The van der Waals surface area contributed by atoms with Gasteiger partial charge < -0.3 is 15.1 Å². The number of aromatic nitrogens is 1. The van der Waals surface area contributed by atoms with E-state index >= 15 is 0 Å². The largest absolute Gasteiger partial charge is 0.375 e. The first-order chi connectivity index (χ1) is 15.1. The molecule has 0 aliphatic carbocycles. The van der Waals surface area contributed by atoms with Crippen LogP contribution in [0.25, 0.3) is 0 Å². The number of carbonyl (C=O) groups is 1. The van der Waals surface area contributed by atoms with Crippen LogP contribution >= 0.6 is 0 Å². The normalized spacial score (nSPS) is 13.7. The number of pyridine rings is 1. The molecule has 1 saturated heterocycles. The zero-order chi connectivity index (χ0) is 21.6. The van der Waals surface area contributed by atoms with E-state index in [0.717, 1.165) is 11.3 Å². The number of amides is 1. The van der Waals surface area contributed by atoms with Crippen LogP contribution in [0.5, 0.6) is 0 Å². The fourth-order valence-electron chi connectivity index (χ4n) is 3.70. The third-order valence-electron chi connectivity index (χ3n) is 5.40. The summed E-state index contributed by atoms with van der Waals surface area (Å²) in [7, 11) is 0. The number of piperazine rings is 1. The fraction of sp³-hybridized carbons (Fsp3) is 0.217. The van der Waals surface area contributed by atoms with E-state index < -0.39 is 4.92 Å². The van der Waals surface area contributed by atoms with Crippen LogP contribution in [0, 0.1) is 10.1 Å². The molecule has 4 rings (SSSR count). The lowest BCUT2D eigenvalue weighted by molar-refractivity contribution is -0.384. The number of rotatable bonds is 6. The van der Waals surface area contributed by atoms with Gasteiger partial charge in [0, 0.05) is 62.2 Å². The van der Waals surface area contributed by atoms with E-state index in [2.05, 4.69) is 15.2 Å². The second kappa shape index (κ2) is 9.25. The molecule has 8 nitrogen and oxygen atoms in total. The van der Waals surface area contributed by atoms with Crippen molar-refractivity contribution in [1.82, 2.24) is 4.90 Å². The van der Waals surface area contributed by atoms with Crippen molar-refractivity contribution in [2.75, 3.05) is 36.4 Å². The molecule has 2 N–H and O–H groups in total. The average Bonchev–Trinajstić information content (AvgIpc) is 2.83. The minimum Gasteiger partial charge on any atom is -0.375 e. The molecule has 0 radical (unpaired) electrons. The molecule has 2 aromatic carbocycles. The lowest BCUT2D eigenvalue weighted by Gasteiger charge is -2.35. The lowest BCUT2D eigenvalue weighted by Crippen LogP contribution is -2.48. The second-order valence-electron chi connectivity index (χ2n) is 7.37. The van der Waals surface area contributed by atoms with E-state index in [-0.39, 0.29) is 11.6 Å². The predicted octanol–water partition coefficient (Wildman–Crippen LogP) is 2.98. The lowest BCUT2D eigenvalue weighted by atomic mass is 10.1. The predicted molar refractivity (Wildman–Crippen MR) is 118 cm³/mol. The Morgan fingerprint density at radius 1 is 1.00 bits per heavy atom. The minimum atomic E-state index is -0.450. The first-order valence-electron chi connectivity index (χ1n) is 10.2. The Morgan fingerprint density at radius 3 is 2.39 bits per heavy atom. The molecule has 1 aliphatic heterocycles. The topological polar surface area (TPSA) is 92.9 Å². The van der Waals surface area contributed by atoms with Crippen molar-refractivity contribution in [1.29, 1.82) is 0 Å². The van der Waals surface area contributed by atoms with E-state index in [1.807, 2.05) is 54.9 Å². The highest BCUT2D eigenvalue weighted by Crippen LogP contribution is 2.27. The van der Waals surface area contributed by atoms with Gasteiger partial charge >= 0.3 is 0 Å². The maximum absolute atomic E-state index is 13.0. The standard InChI is InChI=1S/C23H23N5O3/c29-23(27-14-12-26(13-15-27)20-8-10-24-11-9-20)19-6-7-21(22(16-19)28(30)31)25-17-18-4-2-1-3-5-18/h1-11,16,25H,12-15,17H2/p+1. The van der Waals surface area contributed by atoms with Crippen molar-refractivity contribution in [2.45, 2.75) is 6.54 Å². The van der Waals surface area contributed by atoms with E-state index in [0.29, 0.717) is 44.0 Å². The van der Waals surface area contributed by atoms with E-state index in [9.17, 15) is 14.9 Å². The Bertz CT molecular complexity index is 1050. The van der Waals surface area contributed by atoms with Crippen molar-refractivity contribution in [3.05, 3.63) is 94.3 Å². The van der Waals surface area contributed by atoms with Crippen molar-refractivity contribution in [2.24, 2.45) is 0 Å². The monoisotopic (exact) mass is 418 g/mol. The highest BCUT2D eigenvalue weighted by Gasteiger charge is 2.25. The van der Waals surface area contributed by atoms with Gasteiger partial charge in [0.1, 0.15) is 5.69 Å². The molecule has 0 saturated carbocycles. The Kier molecular flexibility index (Phi) is 6.07. The first kappa shape index (κ1) is 20.3. The van der Waals surface area contributed by atoms with Crippen molar-refractivity contribution >= 4 is 23.0 Å². The molecule has 0 atom stereocenters. The second-order valence-corrected chi connectivity index (χ2v) is 7.37. The highest BCUT2D eigenvalue weighted by atomic mass is 16.6. The summed E-state index contributed by atoms with van der Waals surface area (Å²) < 4.78 is 0. The van der Waals surface area contributed by atoms with Crippen LogP contribution in [0.15, 0.2) is 73.1 Å². The molecule has 2 heterocycles. The van der Waals surface area contributed by atoms with Crippen molar-refractivity contribution < 1.29 is 14.7 Å². The fourth-order valence-corrected chi connectivity index (χ4v) is 3.70. The quantitative estimate of drug-likeness (QED) is 0.491. The number of hydrogen-bond donors (Lipinski definition) is 1. The number of benzene rings is 2. The molecular weight excluding hydrogens is 394 g/mol. The Hall–Kier alpha value is -3.94. The number of nitro groups is 1. The smallest absolute Gasteiger partial charge is 0.293 e. The number of hydrogen-bond acceptors (Lipinski definition) is 5. The summed E-state index contributed by atoms with van der Waals surface area (Å²) >= 11 is 0. The highest BCUT2D eigenvalue weighted by molar-refractivity contribution is 5.96. The van der Waals surface area contributed by atoms with Crippen LogP contribution in [0.4, 0.5) is 17.1 Å². The first-order valence-corrected chi connectivity index (χ1v) is 10.2. The number of nitro benzene ring substituents is 1. The van der Waals surface area contributed by atoms with Crippen molar-refractivity contribution in [3.63, 3.8) is 0 Å². The van der Waals surface area contributed by atoms with Crippen LogP contribution in [0.3, 0.4) is 0 Å². The van der Waals surface area contributed by atoms with Gasteiger partial charge in [-0.3, -0.25) is 14.9 Å². The van der Waals surface area contributed by atoms with Crippen LogP contribution in [-0.2, 0) is 6.54 Å². The molecule has 8 heteroatoms. The van der Waals surface area contributed by atoms with Gasteiger partial charge in [-0.25, -0.2) is 4.98 Å². The number of nitrogens with one attached hydrogen (secondary N) is 2. The Labute approximate surface area is 180 Å². The molecule has 1 aliphatic rings. The van der Waals surface area contributed by atoms with Gasteiger partial charge in [0.15, 0.2) is 12.4 Å². The number of H-pyrrole nitrogens is 1. The van der Waals surface area contributed by atoms with Crippen LogP contribution in [0.1, 0.15) is 15.9 Å². The molecule has 31 heavy (non-hydrogen) atoms. The summed E-state index contributed by atoms with van der Waals surface area (Å²) in [5.41, 5.74) is 2.76. The molecular formula is C23H24N5O3+. The summed E-state index contributed by atoms with van der Waals surface area (Å²) in [6.45, 7) is 3.04. The minimum absolute atomic E-state index is 0.0963. The van der Waals surface area contributed by atoms with Gasteiger partial charge in [-0.05, 0) is 17.7 Å². The molecule has 0 unspecified atom stereocenters. The SMILES string of the molecule is O=C(c1ccc(NCc2ccccc2)c([N+](=O)[O-])c1)N1CCN(c2cc[nH+]cc2)CC1. The summed E-state index contributed by atoms with van der Waals surface area (Å²) in [4.78, 5) is 31.1. The van der Waals surface area contributed by atoms with Crippen LogP contribution in [0.2, 0.25) is 0 Å². The molecule has 1 aromatic heterocycles. The van der Waals surface area contributed by atoms with E-state index in [1.165, 1.54) is 6.07 Å². The van der Waals surface area contributed by atoms with E-state index in [1.54, 1.807) is 17.0 Å². The maximum atomic E-state index is 13.0. The van der Waals surface area contributed by atoms with Gasteiger partial charge in [-0.15, -0.1) is 0 Å². The Morgan fingerprint density at radius 2 is 1.71 bits per heavy atom. The summed E-state index contributed by atoms with van der Waals surface area (Å²) in [6.07, 6.45) is 3.75. The number of nitrogens with zero attached hydrogens (tertiary/aromatic N) is 3. The molecule has 1 fully saturated rings. The van der Waals surface area contributed by atoms with Crippen LogP contribution in [-0.4, -0.2) is 41.9 Å². The van der Waals surface area contributed by atoms with Gasteiger partial charge in [0.05, 0.1) is 4.92 Å². The summed E-state index contributed by atoms with van der Waals surface area (Å²) in [5, 5.41) is 14.7. The maximum Gasteiger partial charge on any atom is 0.293 e. The number of carbonyl (C=O) groups excluding carboxylic acids is 1. The molecule has 3 aromatic rings. The van der Waals surface area contributed by atoms with Gasteiger partial charge in [-0.1, -0.05) is 30.3 Å². The third kappa shape index (κ3) is 4.80. The molecule has 1 amide bonds. The average molecular weight is 418 g/mol. The van der Waals surface area contributed by atoms with E-state index in [4.69, 9.17) is 0 Å². The molecule has 158 valence electrons. The van der Waals surface area contributed by atoms with Crippen molar-refractivity contribution in [3.8, 4) is 0 Å². The zero-order valence-corrected chi connectivity index (χ0v) is 17.0. The van der Waals surface area contributed by atoms with Gasteiger partial charge in [0.25, 0.3) is 11.6 Å². The zero-order valence-electron chi connectivity index (χ0n) is 17.0. The van der Waals surface area contributed by atoms with Gasteiger partial charge in [-0.2, -0.15) is 0 Å².